The molecule has 0 aliphatic carbocycles. The number of ether oxygens (including phenoxy) is 3. The first-order chi connectivity index (χ1) is 15.4. The summed E-state index contributed by atoms with van der Waals surface area (Å²) in [7, 11) is 4.67. The monoisotopic (exact) mass is 441 g/mol. The van der Waals surface area contributed by atoms with Crippen LogP contribution < -0.4 is 19.5 Å². The van der Waals surface area contributed by atoms with Gasteiger partial charge in [0.25, 0.3) is 0 Å². The zero-order valence-electron chi connectivity index (χ0n) is 19.8. The lowest BCUT2D eigenvalue weighted by atomic mass is 10.0. The van der Waals surface area contributed by atoms with Gasteiger partial charge in [0.05, 0.1) is 27.9 Å². The Bertz CT molecular complexity index is 866. The summed E-state index contributed by atoms with van der Waals surface area (Å²) in [6.45, 7) is 9.36. The van der Waals surface area contributed by atoms with Crippen molar-refractivity contribution in [2.45, 2.75) is 26.3 Å². The number of hydrogen-bond donors (Lipinski definition) is 1. The number of rotatable bonds is 9. The van der Waals surface area contributed by atoms with Crippen molar-refractivity contribution in [2.24, 2.45) is 0 Å². The van der Waals surface area contributed by atoms with Crippen LogP contribution in [0.2, 0.25) is 0 Å². The fourth-order valence-electron chi connectivity index (χ4n) is 3.93. The molecule has 0 radical (unpaired) electrons. The van der Waals surface area contributed by atoms with Gasteiger partial charge in [-0.3, -0.25) is 14.6 Å². The maximum Gasteiger partial charge on any atom is 0.238 e. The third kappa shape index (κ3) is 6.14. The van der Waals surface area contributed by atoms with Crippen LogP contribution in [-0.4, -0.2) is 69.8 Å². The Morgan fingerprint density at radius 3 is 1.97 bits per heavy atom. The Kier molecular flexibility index (Phi) is 8.36. The highest BCUT2D eigenvalue weighted by Crippen LogP contribution is 2.39. The Morgan fingerprint density at radius 2 is 1.47 bits per heavy atom. The van der Waals surface area contributed by atoms with E-state index < -0.39 is 0 Å². The second-order valence-electron chi connectivity index (χ2n) is 8.41. The zero-order chi connectivity index (χ0) is 23.1. The van der Waals surface area contributed by atoms with E-state index in [1.807, 2.05) is 0 Å². The molecule has 2 aromatic rings. The maximum atomic E-state index is 12.6. The standard InChI is InChI=1S/C25H35N3O4/c1-18(2)20-8-6-19(7-9-20)16-27-10-12-28(13-11-27)17-24(29)26-21-14-22(30-3)25(32-5)23(15-21)31-4/h6-9,14-15,18H,10-13,16-17H2,1-5H3,(H,26,29). The van der Waals surface area contributed by atoms with E-state index in [1.54, 1.807) is 33.5 Å². The molecule has 2 aromatic carbocycles. The Labute approximate surface area is 191 Å². The number of hydrogen-bond acceptors (Lipinski definition) is 6. The van der Waals surface area contributed by atoms with Gasteiger partial charge in [-0.1, -0.05) is 38.1 Å². The molecule has 7 heteroatoms. The SMILES string of the molecule is COc1cc(NC(=O)CN2CCN(Cc3ccc(C(C)C)cc3)CC2)cc(OC)c1OC. The van der Waals surface area contributed by atoms with Crippen molar-refractivity contribution >= 4 is 11.6 Å². The molecule has 7 nitrogen and oxygen atoms in total. The molecule has 0 unspecified atom stereocenters. The number of amides is 1. The van der Waals surface area contributed by atoms with Gasteiger partial charge in [0, 0.05) is 50.5 Å². The van der Waals surface area contributed by atoms with Gasteiger partial charge in [0.15, 0.2) is 11.5 Å². The van der Waals surface area contributed by atoms with Crippen LogP contribution in [0.25, 0.3) is 0 Å². The number of methoxy groups -OCH3 is 3. The zero-order valence-corrected chi connectivity index (χ0v) is 19.8. The molecule has 174 valence electrons. The minimum atomic E-state index is -0.0583. The van der Waals surface area contributed by atoms with Crippen LogP contribution in [0, 0.1) is 0 Å². The van der Waals surface area contributed by atoms with Crippen LogP contribution in [0.5, 0.6) is 17.2 Å². The number of nitrogens with zero attached hydrogens (tertiary/aromatic N) is 2. The normalized spacial score (nSPS) is 14.9. The molecule has 0 saturated carbocycles. The lowest BCUT2D eigenvalue weighted by Crippen LogP contribution is -2.48. The minimum absolute atomic E-state index is 0.0583. The van der Waals surface area contributed by atoms with Gasteiger partial charge in [-0.15, -0.1) is 0 Å². The molecule has 3 rings (SSSR count). The Morgan fingerprint density at radius 1 is 0.906 bits per heavy atom. The molecule has 1 heterocycles. The van der Waals surface area contributed by atoms with Crippen molar-refractivity contribution in [1.29, 1.82) is 0 Å². The van der Waals surface area contributed by atoms with Gasteiger partial charge < -0.3 is 19.5 Å². The highest BCUT2D eigenvalue weighted by Gasteiger charge is 2.20. The molecule has 0 bridgehead atoms. The van der Waals surface area contributed by atoms with Crippen molar-refractivity contribution < 1.29 is 19.0 Å². The lowest BCUT2D eigenvalue weighted by molar-refractivity contribution is -0.117. The minimum Gasteiger partial charge on any atom is -0.493 e. The summed E-state index contributed by atoms with van der Waals surface area (Å²) in [6, 6.07) is 12.4. The van der Waals surface area contributed by atoms with Crippen molar-refractivity contribution in [3.05, 3.63) is 47.5 Å². The molecular weight excluding hydrogens is 406 g/mol. The van der Waals surface area contributed by atoms with Crippen LogP contribution in [-0.2, 0) is 11.3 Å². The fourth-order valence-corrected chi connectivity index (χ4v) is 3.93. The molecule has 1 aliphatic rings. The molecule has 1 fully saturated rings. The van der Waals surface area contributed by atoms with Gasteiger partial charge in [-0.05, 0) is 17.0 Å². The van der Waals surface area contributed by atoms with Crippen molar-refractivity contribution in [3.8, 4) is 17.2 Å². The van der Waals surface area contributed by atoms with Crippen molar-refractivity contribution in [2.75, 3.05) is 59.4 Å². The van der Waals surface area contributed by atoms with Crippen LogP contribution >= 0.6 is 0 Å². The number of anilines is 1. The average molecular weight is 442 g/mol. The molecular formula is C25H35N3O4. The van der Waals surface area contributed by atoms with E-state index in [1.165, 1.54) is 11.1 Å². The topological polar surface area (TPSA) is 63.3 Å². The number of nitrogens with one attached hydrogen (secondary N) is 1. The third-order valence-corrected chi connectivity index (χ3v) is 5.83. The molecule has 0 spiro atoms. The number of benzene rings is 2. The van der Waals surface area contributed by atoms with Crippen LogP contribution in [0.1, 0.15) is 30.9 Å². The van der Waals surface area contributed by atoms with E-state index in [9.17, 15) is 4.79 Å². The molecule has 0 atom stereocenters. The third-order valence-electron chi connectivity index (χ3n) is 5.83. The van der Waals surface area contributed by atoms with Gasteiger partial charge in [-0.25, -0.2) is 0 Å². The molecule has 32 heavy (non-hydrogen) atoms. The largest absolute Gasteiger partial charge is 0.493 e. The van der Waals surface area contributed by atoms with Gasteiger partial charge in [-0.2, -0.15) is 0 Å². The smallest absolute Gasteiger partial charge is 0.238 e. The van der Waals surface area contributed by atoms with E-state index in [0.29, 0.717) is 35.4 Å². The van der Waals surface area contributed by atoms with Gasteiger partial charge in [0.2, 0.25) is 11.7 Å². The first kappa shape index (κ1) is 23.9. The van der Waals surface area contributed by atoms with Crippen molar-refractivity contribution in [3.63, 3.8) is 0 Å². The summed E-state index contributed by atoms with van der Waals surface area (Å²) >= 11 is 0. The maximum absolute atomic E-state index is 12.6. The van der Waals surface area contributed by atoms with Crippen LogP contribution in [0.15, 0.2) is 36.4 Å². The van der Waals surface area contributed by atoms with E-state index in [-0.39, 0.29) is 5.91 Å². The molecule has 1 saturated heterocycles. The molecule has 0 aromatic heterocycles. The number of carbonyl (C=O) groups is 1. The highest BCUT2D eigenvalue weighted by atomic mass is 16.5. The predicted octanol–water partition coefficient (Wildman–Crippen LogP) is 3.59. The highest BCUT2D eigenvalue weighted by molar-refractivity contribution is 5.93. The lowest BCUT2D eigenvalue weighted by Gasteiger charge is -2.34. The number of carbonyl (C=O) groups excluding carboxylic acids is 1. The number of piperazine rings is 1. The van der Waals surface area contributed by atoms with Gasteiger partial charge in [0.1, 0.15) is 0 Å². The fraction of sp³-hybridized carbons (Fsp3) is 0.480. The predicted molar refractivity (Wildman–Crippen MR) is 127 cm³/mol. The Hall–Kier alpha value is -2.77. The second kappa shape index (κ2) is 11.2. The summed E-state index contributed by atoms with van der Waals surface area (Å²) in [5, 5.41) is 2.95. The summed E-state index contributed by atoms with van der Waals surface area (Å²) in [4.78, 5) is 17.2. The molecule has 1 N–H and O–H groups in total. The van der Waals surface area contributed by atoms with Crippen LogP contribution in [0.4, 0.5) is 5.69 Å². The molecule has 1 amide bonds. The Balaban J connectivity index is 1.49. The average Bonchev–Trinajstić information content (AvgIpc) is 2.80. The quantitative estimate of drug-likeness (QED) is 0.642. The second-order valence-corrected chi connectivity index (χ2v) is 8.41. The summed E-state index contributed by atoms with van der Waals surface area (Å²) < 4.78 is 16.0. The first-order valence-corrected chi connectivity index (χ1v) is 11.1. The van der Waals surface area contributed by atoms with Crippen molar-refractivity contribution in [1.82, 2.24) is 9.80 Å². The van der Waals surface area contributed by atoms with Gasteiger partial charge >= 0.3 is 0 Å². The summed E-state index contributed by atoms with van der Waals surface area (Å²) in [6.07, 6.45) is 0. The summed E-state index contributed by atoms with van der Waals surface area (Å²) in [5.41, 5.74) is 3.33. The van der Waals surface area contributed by atoms with E-state index in [0.717, 1.165) is 32.7 Å². The van der Waals surface area contributed by atoms with E-state index in [2.05, 4.69) is 53.2 Å². The first-order valence-electron chi connectivity index (χ1n) is 11.1. The van der Waals surface area contributed by atoms with Crippen LogP contribution in [0.3, 0.4) is 0 Å². The summed E-state index contributed by atoms with van der Waals surface area (Å²) in [5.74, 6) is 2.02. The molecule has 1 aliphatic heterocycles. The van der Waals surface area contributed by atoms with E-state index >= 15 is 0 Å². The van der Waals surface area contributed by atoms with E-state index in [4.69, 9.17) is 14.2 Å².